The molecule has 5 heteroatoms. The van der Waals surface area contributed by atoms with Crippen molar-refractivity contribution in [2.45, 2.75) is 71.6 Å². The summed E-state index contributed by atoms with van der Waals surface area (Å²) < 4.78 is 0. The molecule has 0 fully saturated rings. The molecule has 1 aromatic rings. The van der Waals surface area contributed by atoms with Gasteiger partial charge in [0.2, 0.25) is 0 Å². The fraction of sp³-hybridized carbons (Fsp3) is 0.379. The first-order valence-electron chi connectivity index (χ1n) is 12.4. The van der Waals surface area contributed by atoms with Crippen LogP contribution in [0.4, 0.5) is 11.4 Å². The van der Waals surface area contributed by atoms with Crippen molar-refractivity contribution in [1.29, 1.82) is 5.41 Å². The van der Waals surface area contributed by atoms with Gasteiger partial charge in [0.05, 0.1) is 11.4 Å². The van der Waals surface area contributed by atoms with Crippen LogP contribution in [0.5, 0.6) is 0 Å². The lowest BCUT2D eigenvalue weighted by Crippen LogP contribution is -2.10. The van der Waals surface area contributed by atoms with E-state index in [9.17, 15) is 0 Å². The van der Waals surface area contributed by atoms with Crippen molar-refractivity contribution < 1.29 is 0 Å². The number of nitrogens with one attached hydrogen (secondary N) is 1. The summed E-state index contributed by atoms with van der Waals surface area (Å²) in [7, 11) is 0. The first-order chi connectivity index (χ1) is 16.5. The highest BCUT2D eigenvalue weighted by Gasteiger charge is 2.21. The van der Waals surface area contributed by atoms with Crippen LogP contribution in [0.1, 0.15) is 76.3 Å². The van der Waals surface area contributed by atoms with Crippen LogP contribution in [0.3, 0.4) is 0 Å². The Morgan fingerprint density at radius 3 is 2.71 bits per heavy atom. The topological polar surface area (TPSA) is 87.0 Å². The predicted octanol–water partition coefficient (Wildman–Crippen LogP) is 7.32. The Balaban J connectivity index is 1.69. The van der Waals surface area contributed by atoms with Gasteiger partial charge in [-0.15, -0.1) is 0 Å². The summed E-state index contributed by atoms with van der Waals surface area (Å²) in [4.78, 5) is 13.6. The second kappa shape index (κ2) is 10.7. The third-order valence-corrected chi connectivity index (χ3v) is 6.73. The van der Waals surface area contributed by atoms with E-state index in [-0.39, 0.29) is 0 Å². The van der Waals surface area contributed by atoms with Crippen LogP contribution < -0.4 is 5.73 Å². The van der Waals surface area contributed by atoms with Crippen molar-refractivity contribution in [2.75, 3.05) is 5.73 Å². The van der Waals surface area contributed by atoms with Crippen LogP contribution in [-0.4, -0.2) is 24.1 Å². The minimum Gasteiger partial charge on any atom is -0.396 e. The van der Waals surface area contributed by atoms with Crippen LogP contribution in [0.25, 0.3) is 5.57 Å². The number of rotatable bonds is 5. The van der Waals surface area contributed by atoms with Crippen molar-refractivity contribution in [1.82, 2.24) is 0 Å². The van der Waals surface area contributed by atoms with Gasteiger partial charge < -0.3 is 5.73 Å². The highest BCUT2D eigenvalue weighted by Crippen LogP contribution is 2.41. The third kappa shape index (κ3) is 5.09. The number of allylic oxidation sites excluding steroid dienone is 5. The molecule has 0 aromatic heterocycles. The van der Waals surface area contributed by atoms with Gasteiger partial charge >= 0.3 is 0 Å². The van der Waals surface area contributed by atoms with Gasteiger partial charge in [0, 0.05) is 16.8 Å². The van der Waals surface area contributed by atoms with E-state index in [1.165, 1.54) is 17.6 Å². The van der Waals surface area contributed by atoms with Crippen LogP contribution in [0.15, 0.2) is 68.1 Å². The van der Waals surface area contributed by atoms with Crippen molar-refractivity contribution in [3.05, 3.63) is 64.3 Å². The highest BCUT2D eigenvalue weighted by molar-refractivity contribution is 6.13. The van der Waals surface area contributed by atoms with E-state index >= 15 is 0 Å². The number of anilines is 1. The molecule has 0 saturated heterocycles. The van der Waals surface area contributed by atoms with Gasteiger partial charge in [-0.25, -0.2) is 9.98 Å². The van der Waals surface area contributed by atoms with Gasteiger partial charge in [0.15, 0.2) is 5.84 Å². The van der Waals surface area contributed by atoms with Crippen molar-refractivity contribution >= 4 is 41.0 Å². The molecule has 2 aliphatic carbocycles. The van der Waals surface area contributed by atoms with Crippen LogP contribution in [-0.2, 0) is 6.42 Å². The molecule has 0 radical (unpaired) electrons. The molecular weight excluding hydrogens is 418 g/mol. The van der Waals surface area contributed by atoms with Crippen molar-refractivity contribution in [3.63, 3.8) is 0 Å². The average molecular weight is 454 g/mol. The summed E-state index contributed by atoms with van der Waals surface area (Å²) in [6, 6.07) is 4.33. The maximum atomic E-state index is 8.47. The van der Waals surface area contributed by atoms with Gasteiger partial charge in [-0.05, 0) is 99.8 Å². The molecule has 34 heavy (non-hydrogen) atoms. The molecule has 3 N–H and O–H groups in total. The molecule has 176 valence electrons. The Morgan fingerprint density at radius 2 is 1.97 bits per heavy atom. The fourth-order valence-electron chi connectivity index (χ4n) is 4.89. The second-order valence-corrected chi connectivity index (χ2v) is 9.19. The smallest absolute Gasteiger partial charge is 0.160 e. The molecule has 4 rings (SSSR count). The number of aryl methyl sites for hydroxylation is 1. The lowest BCUT2D eigenvalue weighted by Gasteiger charge is -2.22. The SMILES string of the molecule is C=NC(=NC(=N)C1=CCCCC1)C1=CCCC(/C(=C/CC)c2ccc3c(c2N)N=C(C)CC3)=C1. The summed E-state index contributed by atoms with van der Waals surface area (Å²) in [5, 5.41) is 8.47. The quantitative estimate of drug-likeness (QED) is 0.273. The number of aliphatic imine (C=N–C) groups is 3. The van der Waals surface area contributed by atoms with Gasteiger partial charge in [-0.1, -0.05) is 37.3 Å². The minimum atomic E-state index is 0.306. The molecule has 0 atom stereocenters. The summed E-state index contributed by atoms with van der Waals surface area (Å²) in [6.45, 7) is 7.97. The summed E-state index contributed by atoms with van der Waals surface area (Å²) in [5.74, 6) is 0.822. The first-order valence-corrected chi connectivity index (χ1v) is 12.4. The molecule has 1 aromatic carbocycles. The Labute approximate surface area is 203 Å². The minimum absolute atomic E-state index is 0.306. The standard InChI is InChI=1S/C29H35N5/c1-4-9-24(25-17-16-20-15-14-19(2)33-27(20)26(25)30)22-12-8-13-23(18-22)29(32-3)34-28(31)21-10-6-5-7-11-21/h9-10,13,16-18,31H,3-8,11-12,14-15,30H2,1-2H3/b24-9-,31-28?,34-29?. The van der Waals surface area contributed by atoms with Gasteiger partial charge in [-0.2, -0.15) is 0 Å². The Morgan fingerprint density at radius 1 is 1.12 bits per heavy atom. The zero-order valence-electron chi connectivity index (χ0n) is 20.5. The average Bonchev–Trinajstić information content (AvgIpc) is 2.87. The van der Waals surface area contributed by atoms with E-state index in [1.807, 2.05) is 0 Å². The van der Waals surface area contributed by atoms with E-state index in [2.05, 4.69) is 67.0 Å². The van der Waals surface area contributed by atoms with Crippen molar-refractivity contribution in [2.24, 2.45) is 15.0 Å². The maximum absolute atomic E-state index is 8.47. The van der Waals surface area contributed by atoms with E-state index in [1.54, 1.807) is 0 Å². The number of nitrogens with two attached hydrogens (primary N) is 1. The van der Waals surface area contributed by atoms with Gasteiger partial charge in [0.25, 0.3) is 0 Å². The van der Waals surface area contributed by atoms with E-state index in [4.69, 9.17) is 16.1 Å². The summed E-state index contributed by atoms with van der Waals surface area (Å²) in [5.41, 5.74) is 16.1. The Hall–Kier alpha value is -3.34. The number of hydrogen-bond donors (Lipinski definition) is 2. The van der Waals surface area contributed by atoms with E-state index in [0.717, 1.165) is 90.7 Å². The van der Waals surface area contributed by atoms with E-state index < -0.39 is 0 Å². The number of hydrogen-bond acceptors (Lipinski definition) is 3. The Kier molecular flexibility index (Phi) is 7.51. The maximum Gasteiger partial charge on any atom is 0.160 e. The largest absolute Gasteiger partial charge is 0.396 e. The lowest BCUT2D eigenvalue weighted by molar-refractivity contribution is 0.716. The molecule has 1 aliphatic heterocycles. The summed E-state index contributed by atoms with van der Waals surface area (Å²) >= 11 is 0. The normalized spacial score (nSPS) is 18.9. The fourth-order valence-corrected chi connectivity index (χ4v) is 4.89. The monoisotopic (exact) mass is 453 g/mol. The lowest BCUT2D eigenvalue weighted by atomic mass is 9.86. The molecule has 0 unspecified atom stereocenters. The molecular formula is C29H35N5. The second-order valence-electron chi connectivity index (χ2n) is 9.19. The highest BCUT2D eigenvalue weighted by atomic mass is 14.9. The number of benzene rings is 1. The summed E-state index contributed by atoms with van der Waals surface area (Å²) in [6.07, 6.45) is 17.6. The van der Waals surface area contributed by atoms with E-state index in [0.29, 0.717) is 11.7 Å². The third-order valence-electron chi connectivity index (χ3n) is 6.73. The van der Waals surface area contributed by atoms with Crippen LogP contribution >= 0.6 is 0 Å². The number of fused-ring (bicyclic) bond motifs is 1. The molecule has 0 saturated carbocycles. The molecule has 1 heterocycles. The van der Waals surface area contributed by atoms with Gasteiger partial charge in [0.1, 0.15) is 5.84 Å². The van der Waals surface area contributed by atoms with Crippen LogP contribution in [0, 0.1) is 5.41 Å². The predicted molar refractivity (Wildman–Crippen MR) is 147 cm³/mol. The molecule has 0 bridgehead atoms. The van der Waals surface area contributed by atoms with Crippen molar-refractivity contribution in [3.8, 4) is 0 Å². The van der Waals surface area contributed by atoms with Crippen LogP contribution in [0.2, 0.25) is 0 Å². The first kappa shape index (κ1) is 23.8. The zero-order chi connectivity index (χ0) is 24.1. The number of nitrogen functional groups attached to an aromatic ring is 1. The zero-order valence-corrected chi connectivity index (χ0v) is 20.5. The number of nitrogens with zero attached hydrogens (tertiary/aromatic N) is 3. The Bertz CT molecular complexity index is 1190. The molecule has 0 amide bonds. The molecule has 5 nitrogen and oxygen atoms in total. The molecule has 0 spiro atoms. The number of amidine groups is 2. The van der Waals surface area contributed by atoms with Gasteiger partial charge in [-0.3, -0.25) is 10.4 Å². The molecule has 3 aliphatic rings.